The first-order valence-electron chi connectivity index (χ1n) is 9.28. The van der Waals surface area contributed by atoms with Gasteiger partial charge in [-0.1, -0.05) is 18.6 Å². The number of carboxylic acids is 1. The number of methoxy groups -OCH3 is 1. The fourth-order valence-electron chi connectivity index (χ4n) is 4.62. The summed E-state index contributed by atoms with van der Waals surface area (Å²) in [4.78, 5) is 28.2. The van der Waals surface area contributed by atoms with Gasteiger partial charge in [0.1, 0.15) is 11.8 Å². The molecule has 5 nitrogen and oxygen atoms in total. The Morgan fingerprint density at radius 3 is 2.63 bits per heavy atom. The van der Waals surface area contributed by atoms with Crippen molar-refractivity contribution in [1.82, 2.24) is 4.90 Å². The van der Waals surface area contributed by atoms with E-state index in [1.165, 1.54) is 11.3 Å². The minimum atomic E-state index is -0.874. The number of amides is 1. The van der Waals surface area contributed by atoms with Crippen LogP contribution in [0.1, 0.15) is 33.8 Å². The van der Waals surface area contributed by atoms with Gasteiger partial charge in [-0.15, -0.1) is 11.3 Å². The zero-order chi connectivity index (χ0) is 19.1. The highest BCUT2D eigenvalue weighted by molar-refractivity contribution is 7.14. The van der Waals surface area contributed by atoms with Gasteiger partial charge >= 0.3 is 5.97 Å². The maximum Gasteiger partial charge on any atom is 0.326 e. The van der Waals surface area contributed by atoms with Crippen molar-refractivity contribution in [3.05, 3.63) is 40.1 Å². The third-order valence-electron chi connectivity index (χ3n) is 5.93. The van der Waals surface area contributed by atoms with Crippen molar-refractivity contribution in [3.63, 3.8) is 0 Å². The molecule has 3 unspecified atom stereocenters. The molecule has 0 bridgehead atoms. The number of benzene rings is 1. The van der Waals surface area contributed by atoms with E-state index in [-0.39, 0.29) is 11.8 Å². The van der Waals surface area contributed by atoms with Crippen molar-refractivity contribution < 1.29 is 19.4 Å². The molecule has 2 fully saturated rings. The van der Waals surface area contributed by atoms with Crippen LogP contribution in [-0.2, 0) is 4.79 Å². The van der Waals surface area contributed by atoms with Crippen LogP contribution in [0.3, 0.4) is 0 Å². The maximum atomic E-state index is 13.1. The van der Waals surface area contributed by atoms with Gasteiger partial charge in [0.15, 0.2) is 0 Å². The fourth-order valence-corrected chi connectivity index (χ4v) is 5.62. The molecule has 27 heavy (non-hydrogen) atoms. The minimum Gasteiger partial charge on any atom is -0.497 e. The summed E-state index contributed by atoms with van der Waals surface area (Å²) >= 11 is 1.44. The van der Waals surface area contributed by atoms with Crippen molar-refractivity contribution in [2.75, 3.05) is 13.7 Å². The van der Waals surface area contributed by atoms with Gasteiger partial charge < -0.3 is 14.7 Å². The number of ether oxygens (including phenoxy) is 1. The molecule has 1 aromatic carbocycles. The van der Waals surface area contributed by atoms with Crippen LogP contribution < -0.4 is 4.74 Å². The SMILES string of the molecule is COc1ccc(-c2cc(C(=O)N3CC4CCCC4C3C(=O)O)sc2C)cc1. The molecular formula is C21H23NO4S. The Morgan fingerprint density at radius 1 is 1.22 bits per heavy atom. The molecule has 3 atom stereocenters. The van der Waals surface area contributed by atoms with E-state index in [4.69, 9.17) is 4.74 Å². The number of nitrogens with zero attached hydrogens (tertiary/aromatic N) is 1. The number of hydrogen-bond donors (Lipinski definition) is 1. The van der Waals surface area contributed by atoms with E-state index in [0.717, 1.165) is 41.0 Å². The second-order valence-corrected chi connectivity index (χ2v) is 8.66. The first-order chi connectivity index (χ1) is 13.0. The van der Waals surface area contributed by atoms with Gasteiger partial charge in [-0.2, -0.15) is 0 Å². The van der Waals surface area contributed by atoms with Gasteiger partial charge in [0.25, 0.3) is 5.91 Å². The molecule has 1 aromatic heterocycles. The first-order valence-corrected chi connectivity index (χ1v) is 10.1. The van der Waals surface area contributed by atoms with Gasteiger partial charge in [0.2, 0.25) is 0 Å². The number of carbonyl (C=O) groups excluding carboxylic acids is 1. The minimum absolute atomic E-state index is 0.105. The number of rotatable bonds is 4. The summed E-state index contributed by atoms with van der Waals surface area (Å²) in [5, 5.41) is 9.71. The average molecular weight is 385 g/mol. The fraction of sp³-hybridized carbons (Fsp3) is 0.429. The van der Waals surface area contributed by atoms with Gasteiger partial charge in [0.05, 0.1) is 12.0 Å². The molecule has 1 saturated heterocycles. The molecule has 6 heteroatoms. The quantitative estimate of drug-likeness (QED) is 0.862. The second-order valence-electron chi connectivity index (χ2n) is 7.40. The Bertz CT molecular complexity index is 873. The standard InChI is InChI=1S/C21H23NO4S/c1-12-17(13-6-8-15(26-2)9-7-13)10-18(27-12)20(23)22-11-14-4-3-5-16(14)19(22)21(24)25/h6-10,14,16,19H,3-5,11H2,1-2H3,(H,24,25). The average Bonchev–Trinajstić information content (AvgIpc) is 3.34. The number of carbonyl (C=O) groups is 2. The summed E-state index contributed by atoms with van der Waals surface area (Å²) in [6.07, 6.45) is 3.01. The highest BCUT2D eigenvalue weighted by Crippen LogP contribution is 2.43. The molecule has 2 heterocycles. The van der Waals surface area contributed by atoms with Crippen molar-refractivity contribution in [2.24, 2.45) is 11.8 Å². The normalized spacial score (nSPS) is 24.1. The molecule has 0 radical (unpaired) electrons. The number of hydrogen-bond acceptors (Lipinski definition) is 4. The van der Waals surface area contributed by atoms with E-state index in [1.807, 2.05) is 37.3 Å². The van der Waals surface area contributed by atoms with Crippen LogP contribution in [0.4, 0.5) is 0 Å². The van der Waals surface area contributed by atoms with Crippen LogP contribution in [0.25, 0.3) is 11.1 Å². The van der Waals surface area contributed by atoms with Crippen LogP contribution >= 0.6 is 11.3 Å². The third kappa shape index (κ3) is 3.12. The Balaban J connectivity index is 1.61. The third-order valence-corrected chi connectivity index (χ3v) is 6.97. The first kappa shape index (κ1) is 18.0. The number of thiophene rings is 1. The van der Waals surface area contributed by atoms with Gasteiger partial charge in [-0.05, 0) is 60.9 Å². The Labute approximate surface area is 162 Å². The summed E-state index contributed by atoms with van der Waals surface area (Å²) in [5.41, 5.74) is 2.04. The van der Waals surface area contributed by atoms with Crippen LogP contribution in [0.15, 0.2) is 30.3 Å². The number of fused-ring (bicyclic) bond motifs is 1. The van der Waals surface area contributed by atoms with E-state index < -0.39 is 12.0 Å². The monoisotopic (exact) mass is 385 g/mol. The molecule has 1 amide bonds. The largest absolute Gasteiger partial charge is 0.497 e. The molecule has 142 valence electrons. The summed E-state index contributed by atoms with van der Waals surface area (Å²) in [7, 11) is 1.63. The smallest absolute Gasteiger partial charge is 0.326 e. The number of aliphatic carboxylic acids is 1. The number of aryl methyl sites for hydroxylation is 1. The highest BCUT2D eigenvalue weighted by atomic mass is 32.1. The molecule has 1 aliphatic heterocycles. The van der Waals surface area contributed by atoms with Crippen molar-refractivity contribution in [3.8, 4) is 16.9 Å². The summed E-state index contributed by atoms with van der Waals surface area (Å²) in [5.74, 6) is 0.202. The van der Waals surface area contributed by atoms with Crippen LogP contribution in [0.2, 0.25) is 0 Å². The summed E-state index contributed by atoms with van der Waals surface area (Å²) < 4.78 is 5.20. The molecule has 2 aliphatic rings. The van der Waals surface area contributed by atoms with E-state index in [9.17, 15) is 14.7 Å². The summed E-state index contributed by atoms with van der Waals surface area (Å²) in [6, 6.07) is 8.96. The maximum absolute atomic E-state index is 13.1. The van der Waals surface area contributed by atoms with Crippen molar-refractivity contribution in [2.45, 2.75) is 32.2 Å². The zero-order valence-electron chi connectivity index (χ0n) is 15.5. The van der Waals surface area contributed by atoms with Crippen LogP contribution in [-0.4, -0.2) is 41.6 Å². The van der Waals surface area contributed by atoms with E-state index in [1.54, 1.807) is 12.0 Å². The molecule has 1 saturated carbocycles. The zero-order valence-corrected chi connectivity index (χ0v) is 16.3. The van der Waals surface area contributed by atoms with Crippen LogP contribution in [0.5, 0.6) is 5.75 Å². The topological polar surface area (TPSA) is 66.8 Å². The van der Waals surface area contributed by atoms with Crippen molar-refractivity contribution in [1.29, 1.82) is 0 Å². The van der Waals surface area contributed by atoms with Crippen LogP contribution in [0, 0.1) is 18.8 Å². The van der Waals surface area contributed by atoms with E-state index in [2.05, 4.69) is 0 Å². The molecule has 2 aromatic rings. The molecule has 4 rings (SSSR count). The lowest BCUT2D eigenvalue weighted by molar-refractivity contribution is -0.142. The number of carboxylic acid groups (broad SMARTS) is 1. The lowest BCUT2D eigenvalue weighted by Crippen LogP contribution is -2.43. The second kappa shape index (κ2) is 7.00. The lowest BCUT2D eigenvalue weighted by atomic mass is 9.94. The lowest BCUT2D eigenvalue weighted by Gasteiger charge is -2.23. The van der Waals surface area contributed by atoms with Gasteiger partial charge in [0, 0.05) is 11.4 Å². The predicted octanol–water partition coefficient (Wildman–Crippen LogP) is 4.06. The van der Waals surface area contributed by atoms with E-state index >= 15 is 0 Å². The Kier molecular flexibility index (Phi) is 4.68. The highest BCUT2D eigenvalue weighted by Gasteiger charge is 2.49. The molecular weight excluding hydrogens is 362 g/mol. The van der Waals surface area contributed by atoms with Crippen molar-refractivity contribution >= 4 is 23.2 Å². The van der Waals surface area contributed by atoms with Gasteiger partial charge in [-0.3, -0.25) is 4.79 Å². The Morgan fingerprint density at radius 2 is 1.96 bits per heavy atom. The number of likely N-dealkylation sites (tertiary alicyclic amines) is 1. The predicted molar refractivity (Wildman–Crippen MR) is 104 cm³/mol. The van der Waals surface area contributed by atoms with Gasteiger partial charge in [-0.25, -0.2) is 4.79 Å². The summed E-state index contributed by atoms with van der Waals surface area (Å²) in [6.45, 7) is 2.56. The van der Waals surface area contributed by atoms with E-state index in [0.29, 0.717) is 17.3 Å². The Hall–Kier alpha value is -2.34. The molecule has 0 spiro atoms. The molecule has 1 N–H and O–H groups in total. The molecule has 1 aliphatic carbocycles.